The summed E-state index contributed by atoms with van der Waals surface area (Å²) in [5.41, 5.74) is 1.55. The molecule has 1 N–H and O–H groups in total. The van der Waals surface area contributed by atoms with Gasteiger partial charge in [-0.15, -0.1) is 0 Å². The van der Waals surface area contributed by atoms with Crippen molar-refractivity contribution < 1.29 is 18.1 Å². The van der Waals surface area contributed by atoms with E-state index in [9.17, 15) is 23.3 Å². The smallest absolute Gasteiger partial charge is 0.270 e. The van der Waals surface area contributed by atoms with E-state index in [-0.39, 0.29) is 28.7 Å². The third kappa shape index (κ3) is 4.46. The molecule has 2 aromatic carbocycles. The number of aryl methyl sites for hydroxylation is 2. The first-order valence-corrected chi connectivity index (χ1v) is 10.8. The molecule has 0 unspecified atom stereocenters. The van der Waals surface area contributed by atoms with E-state index in [4.69, 9.17) is 0 Å². The van der Waals surface area contributed by atoms with Crippen molar-refractivity contribution in [2.24, 2.45) is 0 Å². The Labute approximate surface area is 169 Å². The molecule has 29 heavy (non-hydrogen) atoms. The minimum atomic E-state index is -3.68. The average molecular weight is 417 g/mol. The van der Waals surface area contributed by atoms with E-state index < -0.39 is 20.9 Å². The number of nitro groups is 1. The van der Waals surface area contributed by atoms with E-state index >= 15 is 0 Å². The molecule has 1 saturated heterocycles. The summed E-state index contributed by atoms with van der Waals surface area (Å²) in [5.74, 6) is -0.468. The van der Waals surface area contributed by atoms with Crippen LogP contribution in [-0.4, -0.2) is 42.7 Å². The van der Waals surface area contributed by atoms with Crippen LogP contribution in [0.15, 0.2) is 47.4 Å². The maximum absolute atomic E-state index is 13.2. The first-order chi connectivity index (χ1) is 13.7. The summed E-state index contributed by atoms with van der Waals surface area (Å²) in [6.45, 7) is 4.15. The van der Waals surface area contributed by atoms with E-state index in [1.54, 1.807) is 19.1 Å². The highest BCUT2D eigenvalue weighted by Crippen LogP contribution is 2.28. The zero-order valence-electron chi connectivity index (χ0n) is 16.3. The van der Waals surface area contributed by atoms with Crippen molar-refractivity contribution >= 4 is 21.6 Å². The molecule has 1 amide bonds. The number of nitro benzene ring substituents is 1. The Balaban J connectivity index is 1.74. The summed E-state index contributed by atoms with van der Waals surface area (Å²) in [6.07, 6.45) is 1.35. The summed E-state index contributed by atoms with van der Waals surface area (Å²) < 4.78 is 27.8. The van der Waals surface area contributed by atoms with Crippen LogP contribution in [0.2, 0.25) is 0 Å². The molecular formula is C20H23N3O5S. The maximum Gasteiger partial charge on any atom is 0.270 e. The second-order valence-electron chi connectivity index (χ2n) is 7.20. The number of amides is 1. The van der Waals surface area contributed by atoms with Crippen LogP contribution in [0.5, 0.6) is 0 Å². The van der Waals surface area contributed by atoms with Crippen molar-refractivity contribution in [2.45, 2.75) is 37.6 Å². The molecule has 1 aliphatic rings. The molecule has 1 atom stereocenters. The van der Waals surface area contributed by atoms with Crippen LogP contribution < -0.4 is 5.32 Å². The third-order valence-corrected chi connectivity index (χ3v) is 7.16. The molecule has 9 heteroatoms. The highest BCUT2D eigenvalue weighted by molar-refractivity contribution is 7.89. The third-order valence-electron chi connectivity index (χ3n) is 5.07. The van der Waals surface area contributed by atoms with Crippen LogP contribution in [0, 0.1) is 24.0 Å². The van der Waals surface area contributed by atoms with Crippen molar-refractivity contribution in [1.29, 1.82) is 0 Å². The number of non-ortho nitro benzene ring substituents is 1. The van der Waals surface area contributed by atoms with E-state index in [2.05, 4.69) is 5.32 Å². The highest BCUT2D eigenvalue weighted by Gasteiger charge is 2.36. The normalized spacial score (nSPS) is 17.2. The van der Waals surface area contributed by atoms with E-state index in [0.717, 1.165) is 5.56 Å². The molecule has 2 aromatic rings. The number of hydrogen-bond donors (Lipinski definition) is 1. The molecule has 8 nitrogen and oxygen atoms in total. The van der Waals surface area contributed by atoms with Crippen LogP contribution in [-0.2, 0) is 10.0 Å². The number of sulfonamides is 1. The SMILES string of the molecule is Cc1ccc(C)c(S(=O)(=O)N2CCC[C@H]2CNC(=O)c2cccc([N+](=O)[O-])c2)c1. The molecule has 0 aromatic heterocycles. The van der Waals surface area contributed by atoms with Crippen molar-refractivity contribution in [3.8, 4) is 0 Å². The lowest BCUT2D eigenvalue weighted by Gasteiger charge is -2.25. The molecule has 1 aliphatic heterocycles. The lowest BCUT2D eigenvalue weighted by atomic mass is 10.1. The molecule has 0 aliphatic carbocycles. The Hall–Kier alpha value is -2.78. The molecule has 154 valence electrons. The molecule has 0 saturated carbocycles. The maximum atomic E-state index is 13.2. The van der Waals surface area contributed by atoms with Crippen molar-refractivity contribution in [2.75, 3.05) is 13.1 Å². The number of nitrogens with one attached hydrogen (secondary N) is 1. The predicted molar refractivity (Wildman–Crippen MR) is 108 cm³/mol. The first kappa shape index (κ1) is 20.9. The number of rotatable bonds is 6. The summed E-state index contributed by atoms with van der Waals surface area (Å²) in [6, 6.07) is 10.4. The van der Waals surface area contributed by atoms with Gasteiger partial charge < -0.3 is 5.32 Å². The van der Waals surface area contributed by atoms with Crippen LogP contribution in [0.25, 0.3) is 0 Å². The van der Waals surface area contributed by atoms with Crippen molar-refractivity contribution in [1.82, 2.24) is 9.62 Å². The fraction of sp³-hybridized carbons (Fsp3) is 0.350. The minimum Gasteiger partial charge on any atom is -0.350 e. The lowest BCUT2D eigenvalue weighted by Crippen LogP contribution is -2.43. The summed E-state index contributed by atoms with van der Waals surface area (Å²) in [7, 11) is -3.68. The monoisotopic (exact) mass is 417 g/mol. The molecule has 3 rings (SSSR count). The Bertz CT molecular complexity index is 1050. The minimum absolute atomic E-state index is 0.144. The van der Waals surface area contributed by atoms with E-state index in [1.807, 2.05) is 13.0 Å². The molecule has 1 fully saturated rings. The molecule has 0 bridgehead atoms. The van der Waals surface area contributed by atoms with Crippen LogP contribution >= 0.6 is 0 Å². The number of carbonyl (C=O) groups excluding carboxylic acids is 1. The lowest BCUT2D eigenvalue weighted by molar-refractivity contribution is -0.384. The Kier molecular flexibility index (Phi) is 5.99. The topological polar surface area (TPSA) is 110 Å². The zero-order valence-corrected chi connectivity index (χ0v) is 17.1. The van der Waals surface area contributed by atoms with Gasteiger partial charge in [0.15, 0.2) is 0 Å². The van der Waals surface area contributed by atoms with Gasteiger partial charge in [-0.3, -0.25) is 14.9 Å². The molecular weight excluding hydrogens is 394 g/mol. The zero-order chi connectivity index (χ0) is 21.2. The fourth-order valence-corrected chi connectivity index (χ4v) is 5.52. The average Bonchev–Trinajstić information content (AvgIpc) is 3.17. The standard InChI is InChI=1S/C20H23N3O5S/c1-14-8-9-15(2)19(11-14)29(27,28)22-10-4-7-18(22)13-21-20(24)16-5-3-6-17(12-16)23(25)26/h3,5-6,8-9,11-12,18H,4,7,10,13H2,1-2H3,(H,21,24)/t18-/m0/s1. The second kappa shape index (κ2) is 8.30. The first-order valence-electron chi connectivity index (χ1n) is 9.32. The van der Waals surface area contributed by atoms with Gasteiger partial charge in [0.05, 0.1) is 9.82 Å². The summed E-state index contributed by atoms with van der Waals surface area (Å²) in [4.78, 5) is 23.0. The quantitative estimate of drug-likeness (QED) is 0.574. The van der Waals surface area contributed by atoms with Gasteiger partial charge in [0, 0.05) is 36.8 Å². The number of carbonyl (C=O) groups is 1. The van der Waals surface area contributed by atoms with Gasteiger partial charge in [-0.25, -0.2) is 8.42 Å². The Morgan fingerprint density at radius 2 is 2.00 bits per heavy atom. The van der Waals surface area contributed by atoms with Gasteiger partial charge in [-0.05, 0) is 49.9 Å². The van der Waals surface area contributed by atoms with Gasteiger partial charge in [0.25, 0.3) is 11.6 Å². The molecule has 0 spiro atoms. The molecule has 0 radical (unpaired) electrons. The number of hydrogen-bond acceptors (Lipinski definition) is 5. The Morgan fingerprint density at radius 1 is 1.24 bits per heavy atom. The largest absolute Gasteiger partial charge is 0.350 e. The number of benzene rings is 2. The van der Waals surface area contributed by atoms with E-state index in [0.29, 0.717) is 24.9 Å². The van der Waals surface area contributed by atoms with Crippen LogP contribution in [0.4, 0.5) is 5.69 Å². The summed E-state index contributed by atoms with van der Waals surface area (Å²) >= 11 is 0. The van der Waals surface area contributed by atoms with Crippen molar-refractivity contribution in [3.63, 3.8) is 0 Å². The fourth-order valence-electron chi connectivity index (χ4n) is 3.51. The highest BCUT2D eigenvalue weighted by atomic mass is 32.2. The predicted octanol–water partition coefficient (Wildman–Crippen LogP) is 2.79. The van der Waals surface area contributed by atoms with Gasteiger partial charge >= 0.3 is 0 Å². The van der Waals surface area contributed by atoms with Crippen molar-refractivity contribution in [3.05, 3.63) is 69.3 Å². The van der Waals surface area contributed by atoms with Gasteiger partial charge in [0.2, 0.25) is 10.0 Å². The van der Waals surface area contributed by atoms with Gasteiger partial charge in [0.1, 0.15) is 0 Å². The number of nitrogens with zero attached hydrogens (tertiary/aromatic N) is 2. The van der Waals surface area contributed by atoms with Gasteiger partial charge in [-0.1, -0.05) is 18.2 Å². The Morgan fingerprint density at radius 3 is 2.72 bits per heavy atom. The second-order valence-corrected chi connectivity index (χ2v) is 9.06. The van der Waals surface area contributed by atoms with Gasteiger partial charge in [-0.2, -0.15) is 4.31 Å². The van der Waals surface area contributed by atoms with Crippen LogP contribution in [0.3, 0.4) is 0 Å². The summed E-state index contributed by atoms with van der Waals surface area (Å²) in [5, 5.41) is 13.6. The van der Waals surface area contributed by atoms with E-state index in [1.165, 1.54) is 28.6 Å². The molecule has 1 heterocycles. The van der Waals surface area contributed by atoms with Crippen LogP contribution in [0.1, 0.15) is 34.3 Å².